The Morgan fingerprint density at radius 3 is 2.60 bits per heavy atom. The number of hydrogen-bond acceptors (Lipinski definition) is 5. The van der Waals surface area contributed by atoms with Gasteiger partial charge in [-0.1, -0.05) is 6.07 Å². The van der Waals surface area contributed by atoms with Gasteiger partial charge in [0.2, 0.25) is 5.91 Å². The molecular formula is C25H35F3N6O. The minimum atomic E-state index is -4.15. The van der Waals surface area contributed by atoms with E-state index < -0.39 is 12.6 Å². The number of amides is 1. The maximum Gasteiger partial charge on any atom is 0.389 e. The molecule has 1 N–H and O–H groups in total. The topological polar surface area (TPSA) is 75.9 Å². The molecule has 0 unspecified atom stereocenters. The van der Waals surface area contributed by atoms with Crippen LogP contribution in [0.25, 0.3) is 0 Å². The molecule has 10 heteroatoms. The molecule has 0 atom stereocenters. The molecule has 0 radical (unpaired) electrons. The molecule has 1 aliphatic carbocycles. The fraction of sp³-hybridized carbons (Fsp3) is 0.680. The molecule has 192 valence electrons. The second kappa shape index (κ2) is 11.5. The molecule has 1 aliphatic heterocycles. The summed E-state index contributed by atoms with van der Waals surface area (Å²) in [5.74, 6) is 0.675. The van der Waals surface area contributed by atoms with E-state index in [0.717, 1.165) is 70.3 Å². The largest absolute Gasteiger partial charge is 0.389 e. The molecule has 1 amide bonds. The minimum absolute atomic E-state index is 0.00764. The Morgan fingerprint density at radius 1 is 1.11 bits per heavy atom. The number of carbonyl (C=O) groups excluding carboxylic acids is 1. The molecule has 4 rings (SSSR count). The summed E-state index contributed by atoms with van der Waals surface area (Å²) in [7, 11) is 1.74. The van der Waals surface area contributed by atoms with Crippen LogP contribution < -0.4 is 5.32 Å². The predicted molar refractivity (Wildman–Crippen MR) is 126 cm³/mol. The smallest absolute Gasteiger partial charge is 0.353 e. The van der Waals surface area contributed by atoms with Crippen LogP contribution in [-0.4, -0.2) is 62.6 Å². The molecule has 3 heterocycles. The van der Waals surface area contributed by atoms with Crippen molar-refractivity contribution in [1.82, 2.24) is 30.2 Å². The van der Waals surface area contributed by atoms with Crippen LogP contribution in [-0.2, 0) is 37.5 Å². The Balaban J connectivity index is 1.16. The van der Waals surface area contributed by atoms with E-state index in [1.165, 1.54) is 10.4 Å². The molecule has 2 aromatic rings. The standard InChI is InChI=1S/C25H35F3N6O/c1-33-29-17-22(32-33)16-24(35)31-20-5-2-18(3-6-20)9-13-34-14-10-19-4-7-21(8-12-25(26,27)28)30-23(19)11-15-34/h4,7,17-18,20H,2-3,5-6,8-16H2,1H3,(H,31,35). The molecule has 35 heavy (non-hydrogen) atoms. The Kier molecular flexibility index (Phi) is 8.41. The lowest BCUT2D eigenvalue weighted by molar-refractivity contribution is -0.134. The van der Waals surface area contributed by atoms with Crippen LogP contribution in [0.5, 0.6) is 0 Å². The van der Waals surface area contributed by atoms with Crippen molar-refractivity contribution in [1.29, 1.82) is 0 Å². The highest BCUT2D eigenvalue weighted by molar-refractivity contribution is 5.78. The third-order valence-electron chi connectivity index (χ3n) is 7.21. The molecular weight excluding hydrogens is 457 g/mol. The number of alkyl halides is 3. The van der Waals surface area contributed by atoms with E-state index >= 15 is 0 Å². The van der Waals surface area contributed by atoms with Crippen molar-refractivity contribution in [3.8, 4) is 0 Å². The van der Waals surface area contributed by atoms with Gasteiger partial charge < -0.3 is 10.2 Å². The van der Waals surface area contributed by atoms with Gasteiger partial charge in [-0.25, -0.2) is 0 Å². The lowest BCUT2D eigenvalue weighted by atomic mass is 9.84. The predicted octanol–water partition coefficient (Wildman–Crippen LogP) is 3.41. The van der Waals surface area contributed by atoms with E-state index in [4.69, 9.17) is 0 Å². The highest BCUT2D eigenvalue weighted by Crippen LogP contribution is 2.28. The van der Waals surface area contributed by atoms with Gasteiger partial charge in [-0.2, -0.15) is 28.2 Å². The maximum absolute atomic E-state index is 12.5. The van der Waals surface area contributed by atoms with Crippen LogP contribution in [0.4, 0.5) is 13.2 Å². The Hall–Kier alpha value is -2.49. The number of fused-ring (bicyclic) bond motifs is 1. The number of aryl methyl sites for hydroxylation is 2. The third-order valence-corrected chi connectivity index (χ3v) is 7.21. The summed E-state index contributed by atoms with van der Waals surface area (Å²) in [5, 5.41) is 11.3. The molecule has 2 aromatic heterocycles. The number of pyridine rings is 1. The molecule has 1 fully saturated rings. The van der Waals surface area contributed by atoms with Crippen molar-refractivity contribution >= 4 is 5.91 Å². The van der Waals surface area contributed by atoms with E-state index in [0.29, 0.717) is 17.3 Å². The van der Waals surface area contributed by atoms with Crippen LogP contribution >= 0.6 is 0 Å². The Morgan fingerprint density at radius 2 is 1.89 bits per heavy atom. The molecule has 1 saturated carbocycles. The summed E-state index contributed by atoms with van der Waals surface area (Å²) >= 11 is 0. The van der Waals surface area contributed by atoms with Gasteiger partial charge in [0, 0.05) is 50.4 Å². The Labute approximate surface area is 204 Å². The molecule has 7 nitrogen and oxygen atoms in total. The zero-order valence-electron chi connectivity index (χ0n) is 20.4. The number of aromatic nitrogens is 4. The van der Waals surface area contributed by atoms with E-state index in [9.17, 15) is 18.0 Å². The summed E-state index contributed by atoms with van der Waals surface area (Å²) in [4.78, 5) is 20.8. The van der Waals surface area contributed by atoms with Crippen LogP contribution in [0.3, 0.4) is 0 Å². The van der Waals surface area contributed by atoms with Crippen LogP contribution in [0.15, 0.2) is 18.3 Å². The fourth-order valence-corrected chi connectivity index (χ4v) is 5.18. The number of nitrogens with zero attached hydrogens (tertiary/aromatic N) is 5. The molecule has 2 aliphatic rings. The first kappa shape index (κ1) is 25.6. The monoisotopic (exact) mass is 492 g/mol. The van der Waals surface area contributed by atoms with Crippen molar-refractivity contribution in [3.63, 3.8) is 0 Å². The number of carbonyl (C=O) groups is 1. The quantitative estimate of drug-likeness (QED) is 0.611. The molecule has 0 saturated heterocycles. The minimum Gasteiger partial charge on any atom is -0.353 e. The van der Waals surface area contributed by atoms with Gasteiger partial charge >= 0.3 is 6.18 Å². The first-order chi connectivity index (χ1) is 16.7. The SMILES string of the molecule is Cn1ncc(CC(=O)NC2CCC(CCN3CCc4ccc(CCC(F)(F)F)nc4CC3)CC2)n1. The van der Waals surface area contributed by atoms with Crippen molar-refractivity contribution in [2.24, 2.45) is 13.0 Å². The van der Waals surface area contributed by atoms with Gasteiger partial charge in [0.25, 0.3) is 0 Å². The van der Waals surface area contributed by atoms with Crippen molar-refractivity contribution in [2.45, 2.75) is 76.4 Å². The van der Waals surface area contributed by atoms with Gasteiger partial charge in [0.15, 0.2) is 0 Å². The van der Waals surface area contributed by atoms with Gasteiger partial charge in [-0.15, -0.1) is 0 Å². The van der Waals surface area contributed by atoms with Crippen molar-refractivity contribution in [3.05, 3.63) is 41.0 Å². The van der Waals surface area contributed by atoms with Crippen LogP contribution in [0, 0.1) is 5.92 Å². The number of rotatable bonds is 8. The van der Waals surface area contributed by atoms with Crippen molar-refractivity contribution in [2.75, 3.05) is 19.6 Å². The average molecular weight is 493 g/mol. The van der Waals surface area contributed by atoms with Crippen LogP contribution in [0.2, 0.25) is 0 Å². The van der Waals surface area contributed by atoms with E-state index in [-0.39, 0.29) is 24.8 Å². The number of nitrogens with one attached hydrogen (secondary N) is 1. The van der Waals surface area contributed by atoms with E-state index in [1.54, 1.807) is 19.3 Å². The highest BCUT2D eigenvalue weighted by Gasteiger charge is 2.27. The van der Waals surface area contributed by atoms with Gasteiger partial charge in [-0.3, -0.25) is 9.78 Å². The lowest BCUT2D eigenvalue weighted by Gasteiger charge is -2.30. The lowest BCUT2D eigenvalue weighted by Crippen LogP contribution is -2.39. The molecule has 0 aromatic carbocycles. The third kappa shape index (κ3) is 8.02. The number of halogens is 3. The normalized spacial score (nSPS) is 21.4. The average Bonchev–Trinajstić information content (AvgIpc) is 3.10. The van der Waals surface area contributed by atoms with Crippen LogP contribution in [0.1, 0.15) is 61.2 Å². The highest BCUT2D eigenvalue weighted by atomic mass is 19.4. The maximum atomic E-state index is 12.5. The summed E-state index contributed by atoms with van der Waals surface area (Å²) in [6, 6.07) is 3.96. The van der Waals surface area contributed by atoms with E-state index in [2.05, 4.69) is 25.4 Å². The summed E-state index contributed by atoms with van der Waals surface area (Å²) in [5.41, 5.74) is 3.35. The zero-order chi connectivity index (χ0) is 24.8. The van der Waals surface area contributed by atoms with Crippen molar-refractivity contribution < 1.29 is 18.0 Å². The summed E-state index contributed by atoms with van der Waals surface area (Å²) in [6.45, 7) is 2.89. The van der Waals surface area contributed by atoms with Gasteiger partial charge in [0.05, 0.1) is 18.3 Å². The van der Waals surface area contributed by atoms with Gasteiger partial charge in [0.1, 0.15) is 0 Å². The first-order valence-electron chi connectivity index (χ1n) is 12.6. The second-order valence-electron chi connectivity index (χ2n) is 9.94. The zero-order valence-corrected chi connectivity index (χ0v) is 20.4. The first-order valence-corrected chi connectivity index (χ1v) is 12.6. The summed E-state index contributed by atoms with van der Waals surface area (Å²) in [6.07, 6.45) is 3.95. The van der Waals surface area contributed by atoms with E-state index in [1.807, 2.05) is 6.07 Å². The fourth-order valence-electron chi connectivity index (χ4n) is 5.18. The second-order valence-corrected chi connectivity index (χ2v) is 9.94. The Bertz CT molecular complexity index is 984. The summed E-state index contributed by atoms with van der Waals surface area (Å²) < 4.78 is 37.6. The molecule has 0 bridgehead atoms. The van der Waals surface area contributed by atoms with Gasteiger partial charge in [-0.05, 0) is 69.0 Å². The molecule has 0 spiro atoms. The number of hydrogen-bond donors (Lipinski definition) is 1.